The number of nitrogens with zero attached hydrogens (tertiary/aromatic N) is 6. The average molecular weight is 977 g/mol. The van der Waals surface area contributed by atoms with Crippen LogP contribution in [-0.4, -0.2) is 91.4 Å². The number of quaternary nitrogens is 1. The number of carbonyl (C=O) groups is 1. The highest BCUT2D eigenvalue weighted by Gasteiger charge is 2.23. The largest absolute Gasteiger partial charge is 0.505 e. The SMILES string of the molecule is C[N+](C)(C)c1ccc(Nc2nc(F)nc(Nc3cc4c(O)c(N=Nc5ccc(C(=O)Nc6cccc(S(=O)(=O)CCOSOOO)c6)cc5)c(SOOO)cc4cc3S(=O)(=O)O)n2)cc1. The second kappa shape index (κ2) is 20.9. The van der Waals surface area contributed by atoms with E-state index in [2.05, 4.69) is 59.9 Å². The van der Waals surface area contributed by atoms with E-state index in [0.717, 1.165) is 17.8 Å². The monoisotopic (exact) mass is 976 g/mol. The summed E-state index contributed by atoms with van der Waals surface area (Å²) in [6.07, 6.45) is -1.24. The highest BCUT2D eigenvalue weighted by Crippen LogP contribution is 2.46. The Hall–Kier alpha value is -5.99. The number of fused-ring (bicyclic) bond motifs is 1. The van der Waals surface area contributed by atoms with Gasteiger partial charge in [0, 0.05) is 34.5 Å². The predicted molar refractivity (Wildman–Crippen MR) is 234 cm³/mol. The number of amides is 1. The van der Waals surface area contributed by atoms with Crippen LogP contribution in [0.3, 0.4) is 0 Å². The first-order valence-electron chi connectivity index (χ1n) is 18.1. The highest BCUT2D eigenvalue weighted by atomic mass is 32.2. The molecular weight excluding hydrogens is 942 g/mol. The number of rotatable bonds is 20. The lowest BCUT2D eigenvalue weighted by molar-refractivity contribution is -0.434. The molecule has 0 atom stereocenters. The Morgan fingerprint density at radius 3 is 2.18 bits per heavy atom. The summed E-state index contributed by atoms with van der Waals surface area (Å²) in [6.45, 7) is -0.307. The van der Waals surface area contributed by atoms with Gasteiger partial charge in [0.1, 0.15) is 16.3 Å². The van der Waals surface area contributed by atoms with Gasteiger partial charge >= 0.3 is 6.08 Å². The third kappa shape index (κ3) is 12.8. The van der Waals surface area contributed by atoms with E-state index in [0.29, 0.717) is 22.2 Å². The Labute approximate surface area is 376 Å². The Balaban J connectivity index is 1.24. The van der Waals surface area contributed by atoms with Gasteiger partial charge in [0.05, 0.1) is 66.7 Å². The normalized spacial score (nSPS) is 12.2. The third-order valence-corrected chi connectivity index (χ3v) is 12.3. The average Bonchev–Trinajstić information content (AvgIpc) is 3.25. The van der Waals surface area contributed by atoms with Crippen LogP contribution >= 0.6 is 24.4 Å². The van der Waals surface area contributed by atoms with E-state index in [-0.39, 0.29) is 68.1 Å². The summed E-state index contributed by atoms with van der Waals surface area (Å²) >= 11 is 0.578. The fourth-order valence-corrected chi connectivity index (χ4v) is 8.30. The molecule has 342 valence electrons. The molecule has 23 nitrogen and oxygen atoms in total. The van der Waals surface area contributed by atoms with Crippen molar-refractivity contribution in [1.29, 1.82) is 0 Å². The van der Waals surface area contributed by atoms with Crippen LogP contribution in [0, 0.1) is 6.08 Å². The number of hydrogen-bond donors (Lipinski definition) is 7. The van der Waals surface area contributed by atoms with Gasteiger partial charge in [-0.05, 0) is 78.2 Å². The lowest BCUT2D eigenvalue weighted by atomic mass is 10.1. The third-order valence-electron chi connectivity index (χ3n) is 8.72. The fourth-order valence-electron chi connectivity index (χ4n) is 5.69. The van der Waals surface area contributed by atoms with Crippen LogP contribution in [0.1, 0.15) is 10.4 Å². The van der Waals surface area contributed by atoms with Crippen LogP contribution in [-0.2, 0) is 42.9 Å². The quantitative estimate of drug-likeness (QED) is 0.00734. The predicted octanol–water partition coefficient (Wildman–Crippen LogP) is 7.67. The van der Waals surface area contributed by atoms with E-state index in [4.69, 9.17) is 14.7 Å². The van der Waals surface area contributed by atoms with Crippen molar-refractivity contribution in [2.45, 2.75) is 14.7 Å². The molecule has 28 heteroatoms. The highest BCUT2D eigenvalue weighted by molar-refractivity contribution is 7.94. The van der Waals surface area contributed by atoms with Gasteiger partial charge in [0.2, 0.25) is 11.9 Å². The molecule has 0 unspecified atom stereocenters. The van der Waals surface area contributed by atoms with E-state index in [9.17, 15) is 35.7 Å². The molecule has 0 aliphatic rings. The zero-order valence-corrected chi connectivity index (χ0v) is 36.9. The second-order valence-corrected chi connectivity index (χ2v) is 18.7. The molecule has 5 aromatic carbocycles. The van der Waals surface area contributed by atoms with Gasteiger partial charge in [-0.15, -0.1) is 13.8 Å². The summed E-state index contributed by atoms with van der Waals surface area (Å²) in [5.41, 5.74) is 1.25. The first-order chi connectivity index (χ1) is 30.8. The van der Waals surface area contributed by atoms with Gasteiger partial charge in [0.25, 0.3) is 16.0 Å². The number of anilines is 5. The van der Waals surface area contributed by atoms with Gasteiger partial charge < -0.3 is 21.1 Å². The molecular formula is C37H35FN9O14S4+. The number of aromatic nitrogens is 3. The standard InChI is InChI=1S/C37H34FN9O14S4/c1-47(2,3)26-13-11-23(12-14-26)40-36-42-35(38)43-37(44-36)41-29-20-28-22(18-31(29)65(54,55)56)17-30(62-60-58-50)32(33(28)48)46-45-24-9-7-21(8-10-24)34(49)39-25-5-4-6-27(19-25)64(52,53)16-15-57-63-61-59-51/h4-14,17-20H,15-16H2,1-3H3,(H6-,39,40,41,42,43,44,45,46,48,49,50,51,54,55,56)/p+1. The molecule has 0 bridgehead atoms. The van der Waals surface area contributed by atoms with Gasteiger partial charge in [-0.2, -0.15) is 32.9 Å². The maximum absolute atomic E-state index is 14.7. The molecule has 1 aromatic heterocycles. The topological polar surface area (TPSA) is 312 Å². The number of halogens is 1. The number of sulfone groups is 1. The summed E-state index contributed by atoms with van der Waals surface area (Å²) in [4.78, 5) is 23.6. The van der Waals surface area contributed by atoms with Crippen molar-refractivity contribution < 1.29 is 69.1 Å². The molecule has 0 aliphatic carbocycles. The number of azo groups is 1. The van der Waals surface area contributed by atoms with Crippen molar-refractivity contribution in [1.82, 2.24) is 19.4 Å². The van der Waals surface area contributed by atoms with E-state index in [1.807, 2.05) is 33.3 Å². The van der Waals surface area contributed by atoms with Gasteiger partial charge in [0.15, 0.2) is 27.9 Å². The Kier molecular flexibility index (Phi) is 15.6. The fraction of sp³-hybridized carbons (Fsp3) is 0.135. The molecule has 0 saturated heterocycles. The summed E-state index contributed by atoms with van der Waals surface area (Å²) in [5, 5.41) is 51.7. The zero-order valence-electron chi connectivity index (χ0n) is 33.6. The van der Waals surface area contributed by atoms with Crippen molar-refractivity contribution in [3.63, 3.8) is 0 Å². The van der Waals surface area contributed by atoms with Crippen LogP contribution in [0.25, 0.3) is 10.8 Å². The minimum atomic E-state index is -5.01. The van der Waals surface area contributed by atoms with Crippen molar-refractivity contribution in [3.05, 3.63) is 103 Å². The molecule has 0 saturated carbocycles. The molecule has 0 radical (unpaired) electrons. The van der Waals surface area contributed by atoms with Crippen LogP contribution in [0.5, 0.6) is 5.75 Å². The molecule has 1 amide bonds. The first kappa shape index (κ1) is 48.5. The number of benzene rings is 5. The van der Waals surface area contributed by atoms with Crippen LogP contribution in [0.2, 0.25) is 0 Å². The van der Waals surface area contributed by atoms with Crippen LogP contribution in [0.4, 0.5) is 50.4 Å². The summed E-state index contributed by atoms with van der Waals surface area (Å²) in [6, 6.07) is 21.6. The molecule has 7 N–H and O–H groups in total. The van der Waals surface area contributed by atoms with E-state index < -0.39 is 60.0 Å². The Morgan fingerprint density at radius 2 is 1.52 bits per heavy atom. The number of carbonyl (C=O) groups excluding carboxylic acids is 1. The molecule has 0 fully saturated rings. The first-order valence-corrected chi connectivity index (χ1v) is 22.6. The summed E-state index contributed by atoms with van der Waals surface area (Å²) in [7, 11) is -2.92. The maximum atomic E-state index is 14.7. The number of hydrogen-bond acceptors (Lipinski definition) is 22. The Morgan fingerprint density at radius 1 is 0.831 bits per heavy atom. The summed E-state index contributed by atoms with van der Waals surface area (Å²) < 4.78 is 89.5. The van der Waals surface area contributed by atoms with E-state index in [1.165, 1.54) is 54.6 Å². The zero-order chi connectivity index (χ0) is 46.9. The maximum Gasteiger partial charge on any atom is 0.315 e. The number of aromatic hydroxyl groups is 1. The van der Waals surface area contributed by atoms with Crippen molar-refractivity contribution in [3.8, 4) is 5.75 Å². The minimum absolute atomic E-state index is 0.00308. The number of phenols is 1. The van der Waals surface area contributed by atoms with Crippen molar-refractivity contribution >= 4 is 107 Å². The molecule has 0 aliphatic heterocycles. The van der Waals surface area contributed by atoms with Gasteiger partial charge in [-0.25, -0.2) is 18.9 Å². The Bertz CT molecular complexity index is 2950. The van der Waals surface area contributed by atoms with Crippen LogP contribution < -0.4 is 20.4 Å². The minimum Gasteiger partial charge on any atom is -0.505 e. The van der Waals surface area contributed by atoms with Crippen molar-refractivity contribution in [2.75, 3.05) is 49.5 Å². The molecule has 6 aromatic rings. The smallest absolute Gasteiger partial charge is 0.315 e. The van der Waals surface area contributed by atoms with Crippen LogP contribution in [0.15, 0.2) is 116 Å². The molecule has 65 heavy (non-hydrogen) atoms. The lowest BCUT2D eigenvalue weighted by Gasteiger charge is -2.23. The van der Waals surface area contributed by atoms with Crippen molar-refractivity contribution in [2.24, 2.45) is 10.2 Å². The lowest BCUT2D eigenvalue weighted by Crippen LogP contribution is -2.34. The molecule has 6 rings (SSSR count). The van der Waals surface area contributed by atoms with Gasteiger partial charge in [-0.1, -0.05) is 16.1 Å². The van der Waals surface area contributed by atoms with Gasteiger partial charge in [-0.3, -0.25) is 18.0 Å². The molecule has 1 heterocycles. The number of phenolic OH excluding ortho intramolecular Hbond substituents is 1. The second-order valence-electron chi connectivity index (χ2n) is 14.0. The summed E-state index contributed by atoms with van der Waals surface area (Å²) in [5.74, 6) is -2.40. The van der Waals surface area contributed by atoms with E-state index >= 15 is 0 Å². The molecule has 0 spiro atoms. The van der Waals surface area contributed by atoms with E-state index in [1.54, 1.807) is 12.1 Å². The number of nitrogens with one attached hydrogen (secondary N) is 3.